The van der Waals surface area contributed by atoms with Gasteiger partial charge in [-0.05, 0) is 17.6 Å². The van der Waals surface area contributed by atoms with E-state index in [0.717, 1.165) is 17.8 Å². The summed E-state index contributed by atoms with van der Waals surface area (Å²) in [5.74, 6) is 0.707. The first kappa shape index (κ1) is 16.8. The summed E-state index contributed by atoms with van der Waals surface area (Å²) in [6.07, 6.45) is 4.63. The third-order valence-corrected chi connectivity index (χ3v) is 4.28. The first-order chi connectivity index (χ1) is 11.3. The van der Waals surface area contributed by atoms with Gasteiger partial charge in [-0.1, -0.05) is 30.3 Å². The topological polar surface area (TPSA) is 51.0 Å². The van der Waals surface area contributed by atoms with Crippen molar-refractivity contribution < 1.29 is 4.79 Å². The zero-order valence-corrected chi connectivity index (χ0v) is 14.9. The standard InChI is InChI=1S/C16H19B2ClN4O/c1-22-10-20-14(21-22)13-4-2-11(3-5-13)12-6-8-23(9-7-12)15(24)16(17,18)19/h2-6,10H,7-9,17-18H2,1H3. The van der Waals surface area contributed by atoms with Crippen LogP contribution in [-0.4, -0.2) is 59.0 Å². The normalized spacial score (nSPS) is 15.2. The summed E-state index contributed by atoms with van der Waals surface area (Å²) >= 11 is 6.12. The van der Waals surface area contributed by atoms with Gasteiger partial charge in [-0.3, -0.25) is 9.48 Å². The number of alkyl halides is 1. The van der Waals surface area contributed by atoms with Gasteiger partial charge in [0.05, 0.1) is 4.67 Å². The quantitative estimate of drug-likeness (QED) is 0.595. The number of benzene rings is 1. The van der Waals surface area contributed by atoms with Gasteiger partial charge in [0.25, 0.3) is 0 Å². The first-order valence-electron chi connectivity index (χ1n) is 7.98. The first-order valence-corrected chi connectivity index (χ1v) is 8.36. The second kappa shape index (κ2) is 6.48. The highest BCUT2D eigenvalue weighted by molar-refractivity contribution is 6.71. The summed E-state index contributed by atoms with van der Waals surface area (Å²) in [5, 5.41) is 4.31. The average molecular weight is 340 g/mol. The highest BCUT2D eigenvalue weighted by atomic mass is 35.5. The van der Waals surface area contributed by atoms with Crippen LogP contribution in [-0.2, 0) is 11.8 Å². The van der Waals surface area contributed by atoms with Crippen LogP contribution in [0.15, 0.2) is 36.7 Å². The van der Waals surface area contributed by atoms with Gasteiger partial charge >= 0.3 is 0 Å². The number of rotatable bonds is 3. The van der Waals surface area contributed by atoms with Gasteiger partial charge in [-0.15, -0.1) is 11.6 Å². The molecule has 2 heterocycles. The lowest BCUT2D eigenvalue weighted by Crippen LogP contribution is -2.47. The summed E-state index contributed by atoms with van der Waals surface area (Å²) in [5.41, 5.74) is 3.43. The Labute approximate surface area is 148 Å². The molecule has 24 heavy (non-hydrogen) atoms. The minimum Gasteiger partial charge on any atom is -0.338 e. The molecule has 0 N–H and O–H groups in total. The molecule has 0 radical (unpaired) electrons. The summed E-state index contributed by atoms with van der Waals surface area (Å²) in [6, 6.07) is 8.23. The van der Waals surface area contributed by atoms with Gasteiger partial charge in [-0.2, -0.15) is 5.10 Å². The van der Waals surface area contributed by atoms with Gasteiger partial charge in [0, 0.05) is 25.7 Å². The molecule has 0 fully saturated rings. The number of amides is 1. The highest BCUT2D eigenvalue weighted by Crippen LogP contribution is 2.25. The molecular formula is C16H19B2ClN4O. The Kier molecular flexibility index (Phi) is 4.54. The summed E-state index contributed by atoms with van der Waals surface area (Å²) in [6.45, 7) is 1.30. The third kappa shape index (κ3) is 3.56. The second-order valence-corrected chi connectivity index (χ2v) is 7.47. The summed E-state index contributed by atoms with van der Waals surface area (Å²) < 4.78 is 0.847. The molecule has 8 heteroatoms. The van der Waals surface area contributed by atoms with E-state index >= 15 is 0 Å². The molecule has 0 saturated heterocycles. The molecular weight excluding hydrogens is 321 g/mol. The van der Waals surface area contributed by atoms with Crippen LogP contribution in [0.25, 0.3) is 17.0 Å². The zero-order chi connectivity index (χ0) is 17.3. The van der Waals surface area contributed by atoms with Gasteiger partial charge in [-0.25, -0.2) is 4.98 Å². The zero-order valence-electron chi connectivity index (χ0n) is 14.2. The SMILES string of the molecule is BC(B)(Cl)C(=O)N1CC=C(c2ccc(-c3ncn(C)n3)cc2)CC1. The molecule has 1 amide bonds. The van der Waals surface area contributed by atoms with Crippen LogP contribution in [0.1, 0.15) is 12.0 Å². The van der Waals surface area contributed by atoms with Crippen LogP contribution in [0, 0.1) is 0 Å². The number of carbonyl (C=O) groups is 1. The van der Waals surface area contributed by atoms with E-state index in [1.807, 2.05) is 24.1 Å². The molecule has 0 unspecified atom stereocenters. The molecule has 0 spiro atoms. The van der Waals surface area contributed by atoms with Gasteiger partial charge < -0.3 is 4.90 Å². The lowest BCUT2D eigenvalue weighted by molar-refractivity contribution is -0.129. The Morgan fingerprint density at radius 1 is 1.25 bits per heavy atom. The maximum absolute atomic E-state index is 12.2. The Bertz CT molecular complexity index is 780. The molecule has 0 saturated carbocycles. The van der Waals surface area contributed by atoms with Crippen LogP contribution in [0.5, 0.6) is 0 Å². The summed E-state index contributed by atoms with van der Waals surface area (Å²) in [4.78, 5) is 18.3. The number of aromatic nitrogens is 3. The van der Waals surface area contributed by atoms with Crippen LogP contribution >= 0.6 is 11.6 Å². The van der Waals surface area contributed by atoms with Gasteiger partial charge in [0.15, 0.2) is 5.82 Å². The maximum atomic E-state index is 12.2. The molecule has 122 valence electrons. The second-order valence-electron chi connectivity index (χ2n) is 6.52. The van der Waals surface area contributed by atoms with Crippen molar-refractivity contribution in [2.75, 3.05) is 13.1 Å². The van der Waals surface area contributed by atoms with Crippen LogP contribution < -0.4 is 0 Å². The van der Waals surface area contributed by atoms with Crippen molar-refractivity contribution in [1.29, 1.82) is 0 Å². The third-order valence-electron chi connectivity index (χ3n) is 4.12. The maximum Gasteiger partial charge on any atom is 0.227 e. The molecule has 3 rings (SSSR count). The van der Waals surface area contributed by atoms with E-state index in [4.69, 9.17) is 11.6 Å². The van der Waals surface area contributed by atoms with Crippen LogP contribution in [0.4, 0.5) is 0 Å². The molecule has 0 atom stereocenters. The Balaban J connectivity index is 1.72. The highest BCUT2D eigenvalue weighted by Gasteiger charge is 2.30. The number of halogens is 1. The van der Waals surface area contributed by atoms with E-state index in [2.05, 4.69) is 28.3 Å². The van der Waals surface area contributed by atoms with E-state index in [1.165, 1.54) is 11.1 Å². The number of hydrogen-bond acceptors (Lipinski definition) is 3. The molecule has 1 aromatic carbocycles. The fourth-order valence-electron chi connectivity index (χ4n) is 2.80. The van der Waals surface area contributed by atoms with Crippen molar-refractivity contribution in [3.63, 3.8) is 0 Å². The monoisotopic (exact) mass is 340 g/mol. The number of hydrogen-bond donors (Lipinski definition) is 0. The summed E-state index contributed by atoms with van der Waals surface area (Å²) in [7, 11) is 5.33. The Morgan fingerprint density at radius 3 is 2.42 bits per heavy atom. The van der Waals surface area contributed by atoms with Crippen molar-refractivity contribution >= 4 is 38.8 Å². The van der Waals surface area contributed by atoms with Crippen molar-refractivity contribution in [2.45, 2.75) is 11.1 Å². The lowest BCUT2D eigenvalue weighted by atomic mass is 9.68. The van der Waals surface area contributed by atoms with Crippen molar-refractivity contribution in [3.8, 4) is 11.4 Å². The van der Waals surface area contributed by atoms with E-state index in [-0.39, 0.29) is 5.91 Å². The number of carbonyl (C=O) groups excluding carboxylic acids is 1. The van der Waals surface area contributed by atoms with E-state index < -0.39 is 4.67 Å². The number of nitrogens with zero attached hydrogens (tertiary/aromatic N) is 4. The predicted molar refractivity (Wildman–Crippen MR) is 101 cm³/mol. The smallest absolute Gasteiger partial charge is 0.227 e. The average Bonchev–Trinajstić information content (AvgIpc) is 3.00. The van der Waals surface area contributed by atoms with Gasteiger partial charge in [0.2, 0.25) is 5.91 Å². The number of aryl methyl sites for hydroxylation is 1. The largest absolute Gasteiger partial charge is 0.338 e. The van der Waals surface area contributed by atoms with E-state index in [1.54, 1.807) is 26.7 Å². The molecule has 5 nitrogen and oxygen atoms in total. The molecule has 0 aliphatic carbocycles. The minimum absolute atomic E-state index is 0.0176. The van der Waals surface area contributed by atoms with Crippen LogP contribution in [0.3, 0.4) is 0 Å². The van der Waals surface area contributed by atoms with E-state index in [0.29, 0.717) is 13.1 Å². The molecule has 1 aliphatic heterocycles. The Hall–Kier alpha value is -2.01. The fraction of sp³-hybridized carbons (Fsp3) is 0.312. The Morgan fingerprint density at radius 2 is 1.92 bits per heavy atom. The molecule has 1 aromatic heterocycles. The molecule has 1 aliphatic rings. The van der Waals surface area contributed by atoms with Crippen LogP contribution in [0.2, 0.25) is 0 Å². The van der Waals surface area contributed by atoms with Crippen molar-refractivity contribution in [3.05, 3.63) is 42.2 Å². The fourth-order valence-corrected chi connectivity index (χ4v) is 2.92. The minimum atomic E-state index is -0.845. The van der Waals surface area contributed by atoms with Gasteiger partial charge in [0.1, 0.15) is 22.0 Å². The van der Waals surface area contributed by atoms with Crippen molar-refractivity contribution in [1.82, 2.24) is 19.7 Å². The van der Waals surface area contributed by atoms with Crippen molar-refractivity contribution in [2.24, 2.45) is 7.05 Å². The molecule has 0 bridgehead atoms. The van der Waals surface area contributed by atoms with E-state index in [9.17, 15) is 4.79 Å². The predicted octanol–water partition coefficient (Wildman–Crippen LogP) is 0.257. The molecule has 2 aromatic rings. The lowest BCUT2D eigenvalue weighted by Gasteiger charge is -2.31.